The molecular formula is C13H12ClN3O4. The third kappa shape index (κ3) is 3.96. The van der Waals surface area contributed by atoms with Crippen LogP contribution in [0.15, 0.2) is 36.5 Å². The van der Waals surface area contributed by atoms with Gasteiger partial charge >= 0.3 is 0 Å². The summed E-state index contributed by atoms with van der Waals surface area (Å²) in [5.41, 5.74) is -0.0353. The van der Waals surface area contributed by atoms with Crippen LogP contribution in [0.3, 0.4) is 0 Å². The van der Waals surface area contributed by atoms with Crippen molar-refractivity contribution in [1.29, 1.82) is 0 Å². The number of ether oxygens (including phenoxy) is 1. The zero-order chi connectivity index (χ0) is 15.2. The summed E-state index contributed by atoms with van der Waals surface area (Å²) in [6, 6.07) is 8.17. The van der Waals surface area contributed by atoms with Crippen molar-refractivity contribution in [2.45, 2.75) is 0 Å². The maximum Gasteiger partial charge on any atom is 0.287 e. The molecule has 1 amide bonds. The molecule has 110 valence electrons. The van der Waals surface area contributed by atoms with Gasteiger partial charge < -0.3 is 15.0 Å². The molecule has 2 aromatic rings. The van der Waals surface area contributed by atoms with Gasteiger partial charge in [0.05, 0.1) is 22.7 Å². The standard InChI is InChI=1S/C13H12ClN3O4/c14-10-3-1-2-4-12(10)21-6-5-15-13(18)11-7-9(8-16-11)17(19)20/h1-4,7-8,16H,5-6H2,(H,15,18). The fourth-order valence-electron chi connectivity index (χ4n) is 1.60. The second-order valence-electron chi connectivity index (χ2n) is 4.06. The van der Waals surface area contributed by atoms with Crippen LogP contribution in [-0.4, -0.2) is 29.0 Å². The first-order valence-electron chi connectivity index (χ1n) is 6.06. The molecule has 0 spiro atoms. The van der Waals surface area contributed by atoms with Crippen LogP contribution in [0.4, 0.5) is 5.69 Å². The molecule has 0 unspecified atom stereocenters. The summed E-state index contributed by atoms with van der Waals surface area (Å²) in [4.78, 5) is 24.2. The van der Waals surface area contributed by atoms with Gasteiger partial charge in [-0.25, -0.2) is 0 Å². The van der Waals surface area contributed by atoms with E-state index in [1.54, 1.807) is 24.3 Å². The summed E-state index contributed by atoms with van der Waals surface area (Å²) in [7, 11) is 0. The van der Waals surface area contributed by atoms with E-state index >= 15 is 0 Å². The van der Waals surface area contributed by atoms with Crippen LogP contribution in [0.1, 0.15) is 10.5 Å². The number of carbonyl (C=O) groups is 1. The summed E-state index contributed by atoms with van der Waals surface area (Å²) in [5, 5.41) is 13.6. The number of para-hydroxylation sites is 1. The highest BCUT2D eigenvalue weighted by atomic mass is 35.5. The summed E-state index contributed by atoms with van der Waals surface area (Å²) in [6.07, 6.45) is 1.16. The second kappa shape index (κ2) is 6.76. The smallest absolute Gasteiger partial charge is 0.287 e. The lowest BCUT2D eigenvalue weighted by molar-refractivity contribution is -0.384. The van der Waals surface area contributed by atoms with Gasteiger partial charge in [-0.1, -0.05) is 23.7 Å². The predicted octanol–water partition coefficient (Wildman–Crippen LogP) is 2.39. The van der Waals surface area contributed by atoms with Crippen molar-refractivity contribution in [2.75, 3.05) is 13.2 Å². The normalized spacial score (nSPS) is 10.1. The second-order valence-corrected chi connectivity index (χ2v) is 4.47. The number of nitro groups is 1. The molecule has 0 saturated carbocycles. The lowest BCUT2D eigenvalue weighted by Gasteiger charge is -2.08. The van der Waals surface area contributed by atoms with Crippen molar-refractivity contribution < 1.29 is 14.5 Å². The van der Waals surface area contributed by atoms with E-state index in [1.807, 2.05) is 0 Å². The average Bonchev–Trinajstić information content (AvgIpc) is 2.95. The molecule has 1 aromatic heterocycles. The van der Waals surface area contributed by atoms with Crippen LogP contribution in [-0.2, 0) is 0 Å². The van der Waals surface area contributed by atoms with Gasteiger partial charge in [0.2, 0.25) is 0 Å². The average molecular weight is 310 g/mol. The van der Waals surface area contributed by atoms with E-state index in [2.05, 4.69) is 10.3 Å². The van der Waals surface area contributed by atoms with Gasteiger partial charge in [-0.15, -0.1) is 0 Å². The van der Waals surface area contributed by atoms with Gasteiger partial charge in [0.15, 0.2) is 0 Å². The van der Waals surface area contributed by atoms with Crippen LogP contribution >= 0.6 is 11.6 Å². The first-order chi connectivity index (χ1) is 10.1. The molecule has 0 atom stereocenters. The largest absolute Gasteiger partial charge is 0.490 e. The molecule has 0 aliphatic rings. The lowest BCUT2D eigenvalue weighted by Crippen LogP contribution is -2.28. The number of halogens is 1. The number of nitrogens with zero attached hydrogens (tertiary/aromatic N) is 1. The maximum absolute atomic E-state index is 11.7. The molecule has 1 heterocycles. The molecule has 21 heavy (non-hydrogen) atoms. The number of amides is 1. The number of aromatic nitrogens is 1. The quantitative estimate of drug-likeness (QED) is 0.486. The number of carbonyl (C=O) groups excluding carboxylic acids is 1. The van der Waals surface area contributed by atoms with E-state index in [-0.39, 0.29) is 24.5 Å². The van der Waals surface area contributed by atoms with E-state index in [0.717, 1.165) is 6.20 Å². The SMILES string of the molecule is O=C(NCCOc1ccccc1Cl)c1cc([N+](=O)[O-])c[nH]1. The summed E-state index contributed by atoms with van der Waals surface area (Å²) in [5.74, 6) is 0.0924. The topological polar surface area (TPSA) is 97.3 Å². The first-order valence-corrected chi connectivity index (χ1v) is 6.44. The molecule has 8 heteroatoms. The highest BCUT2D eigenvalue weighted by Crippen LogP contribution is 2.22. The first kappa shape index (κ1) is 14.9. The van der Waals surface area contributed by atoms with Gasteiger partial charge in [0.25, 0.3) is 11.6 Å². The summed E-state index contributed by atoms with van der Waals surface area (Å²) >= 11 is 5.91. The fraction of sp³-hybridized carbons (Fsp3) is 0.154. The highest BCUT2D eigenvalue weighted by Gasteiger charge is 2.13. The van der Waals surface area contributed by atoms with Crippen molar-refractivity contribution in [3.05, 3.63) is 57.4 Å². The number of H-pyrrole nitrogens is 1. The van der Waals surface area contributed by atoms with Gasteiger partial charge in [-0.2, -0.15) is 0 Å². The monoisotopic (exact) mass is 309 g/mol. The Hall–Kier alpha value is -2.54. The Kier molecular flexibility index (Phi) is 4.78. The third-order valence-corrected chi connectivity index (χ3v) is 2.92. The maximum atomic E-state index is 11.7. The van der Waals surface area contributed by atoms with E-state index in [4.69, 9.17) is 16.3 Å². The van der Waals surface area contributed by atoms with Crippen molar-refractivity contribution in [1.82, 2.24) is 10.3 Å². The molecule has 0 aliphatic heterocycles. The molecule has 0 radical (unpaired) electrons. The van der Waals surface area contributed by atoms with Crippen LogP contribution in [0.5, 0.6) is 5.75 Å². The van der Waals surface area contributed by atoms with Crippen molar-refractivity contribution in [3.63, 3.8) is 0 Å². The van der Waals surface area contributed by atoms with Gasteiger partial charge in [0.1, 0.15) is 18.1 Å². The van der Waals surface area contributed by atoms with Gasteiger partial charge in [0, 0.05) is 6.07 Å². The number of benzene rings is 1. The summed E-state index contributed by atoms with van der Waals surface area (Å²) < 4.78 is 5.40. The van der Waals surface area contributed by atoms with Crippen molar-refractivity contribution >= 4 is 23.2 Å². The molecule has 0 aliphatic carbocycles. The van der Waals surface area contributed by atoms with Crippen LogP contribution in [0, 0.1) is 10.1 Å². The Labute approximate surface area is 125 Å². The highest BCUT2D eigenvalue weighted by molar-refractivity contribution is 6.32. The minimum Gasteiger partial charge on any atom is -0.490 e. The van der Waals surface area contributed by atoms with E-state index in [9.17, 15) is 14.9 Å². The molecule has 0 fully saturated rings. The molecule has 1 aromatic carbocycles. The van der Waals surface area contributed by atoms with E-state index < -0.39 is 10.8 Å². The van der Waals surface area contributed by atoms with Crippen molar-refractivity contribution in [3.8, 4) is 5.75 Å². The minimum absolute atomic E-state index is 0.124. The molecule has 2 rings (SSSR count). The number of hydrogen-bond acceptors (Lipinski definition) is 4. The predicted molar refractivity (Wildman–Crippen MR) is 76.7 cm³/mol. The van der Waals surface area contributed by atoms with Gasteiger partial charge in [-0.3, -0.25) is 14.9 Å². The fourth-order valence-corrected chi connectivity index (χ4v) is 1.79. The molecular weight excluding hydrogens is 298 g/mol. The Morgan fingerprint density at radius 3 is 2.86 bits per heavy atom. The Morgan fingerprint density at radius 2 is 2.19 bits per heavy atom. The Balaban J connectivity index is 1.79. The molecule has 2 N–H and O–H groups in total. The Morgan fingerprint density at radius 1 is 1.43 bits per heavy atom. The number of aromatic amines is 1. The molecule has 7 nitrogen and oxygen atoms in total. The van der Waals surface area contributed by atoms with E-state index in [1.165, 1.54) is 6.07 Å². The number of nitrogens with one attached hydrogen (secondary N) is 2. The van der Waals surface area contributed by atoms with Crippen molar-refractivity contribution in [2.24, 2.45) is 0 Å². The zero-order valence-corrected chi connectivity index (χ0v) is 11.6. The molecule has 0 saturated heterocycles. The number of rotatable bonds is 6. The molecule has 0 bridgehead atoms. The summed E-state index contributed by atoms with van der Waals surface area (Å²) in [6.45, 7) is 0.481. The zero-order valence-electron chi connectivity index (χ0n) is 10.8. The Bertz CT molecular complexity index is 656. The number of hydrogen-bond donors (Lipinski definition) is 2. The van der Waals surface area contributed by atoms with Crippen LogP contribution in [0.25, 0.3) is 0 Å². The van der Waals surface area contributed by atoms with Crippen LogP contribution in [0.2, 0.25) is 5.02 Å². The third-order valence-electron chi connectivity index (χ3n) is 2.61. The van der Waals surface area contributed by atoms with Crippen LogP contribution < -0.4 is 10.1 Å². The van der Waals surface area contributed by atoms with Gasteiger partial charge in [-0.05, 0) is 12.1 Å². The minimum atomic E-state index is -0.576. The lowest BCUT2D eigenvalue weighted by atomic mass is 10.3. The van der Waals surface area contributed by atoms with E-state index in [0.29, 0.717) is 10.8 Å².